The summed E-state index contributed by atoms with van der Waals surface area (Å²) < 4.78 is 0. The van der Waals surface area contributed by atoms with Crippen molar-refractivity contribution in [2.24, 2.45) is 0 Å². The number of hydrogen-bond acceptors (Lipinski definition) is 4. The van der Waals surface area contributed by atoms with Crippen molar-refractivity contribution in [1.29, 1.82) is 0 Å². The van der Waals surface area contributed by atoms with Crippen LogP contribution in [0.15, 0.2) is 66.7 Å². The Hall–Kier alpha value is -3.22. The number of fused-ring (bicyclic) bond motifs is 1. The maximum atomic E-state index is 12.4. The Balaban J connectivity index is 1.16. The average molecular weight is 446 g/mol. The second kappa shape index (κ2) is 11.1. The maximum absolute atomic E-state index is 12.4. The van der Waals surface area contributed by atoms with Gasteiger partial charge in [-0.1, -0.05) is 54.6 Å². The Labute approximate surface area is 194 Å². The van der Waals surface area contributed by atoms with Crippen LogP contribution in [0.3, 0.4) is 0 Å². The molecule has 1 saturated heterocycles. The summed E-state index contributed by atoms with van der Waals surface area (Å²) in [6.07, 6.45) is 1.76. The van der Waals surface area contributed by atoms with Crippen LogP contribution < -0.4 is 10.6 Å². The fraction of sp³-hybridized carbons (Fsp3) is 0.333. The van der Waals surface area contributed by atoms with Gasteiger partial charge < -0.3 is 15.7 Å². The Morgan fingerprint density at radius 1 is 0.879 bits per heavy atom. The molecule has 1 aliphatic heterocycles. The van der Waals surface area contributed by atoms with Crippen molar-refractivity contribution in [2.45, 2.75) is 38.5 Å². The number of amides is 2. The lowest BCUT2D eigenvalue weighted by molar-refractivity contribution is -0.121. The van der Waals surface area contributed by atoms with Crippen LogP contribution in [-0.4, -0.2) is 47.6 Å². The third-order valence-corrected chi connectivity index (χ3v) is 6.13. The van der Waals surface area contributed by atoms with E-state index in [-0.39, 0.29) is 24.3 Å². The lowest BCUT2D eigenvalue weighted by Gasteiger charge is -2.29. The molecule has 0 unspecified atom stereocenters. The van der Waals surface area contributed by atoms with E-state index in [1.807, 2.05) is 48.5 Å². The summed E-state index contributed by atoms with van der Waals surface area (Å²) in [6, 6.07) is 21.8. The SMILES string of the molecule is O=C(CCNC(=O)c1ccc2ccccc2c1)NCc1ccc(CN2CCC(O)CC2)cc1. The number of carbonyl (C=O) groups is 2. The van der Waals surface area contributed by atoms with E-state index < -0.39 is 0 Å². The molecule has 0 bridgehead atoms. The third-order valence-electron chi connectivity index (χ3n) is 6.13. The van der Waals surface area contributed by atoms with Crippen molar-refractivity contribution in [1.82, 2.24) is 15.5 Å². The van der Waals surface area contributed by atoms with Crippen molar-refractivity contribution >= 4 is 22.6 Å². The van der Waals surface area contributed by atoms with Gasteiger partial charge in [-0.2, -0.15) is 0 Å². The first-order valence-corrected chi connectivity index (χ1v) is 11.6. The number of nitrogens with zero attached hydrogens (tertiary/aromatic N) is 1. The summed E-state index contributed by atoms with van der Waals surface area (Å²) in [5.41, 5.74) is 2.87. The molecule has 0 saturated carbocycles. The molecule has 1 fully saturated rings. The molecular weight excluding hydrogens is 414 g/mol. The number of likely N-dealkylation sites (tertiary alicyclic amines) is 1. The first-order valence-electron chi connectivity index (χ1n) is 11.6. The zero-order chi connectivity index (χ0) is 23.0. The highest BCUT2D eigenvalue weighted by atomic mass is 16.3. The van der Waals surface area contributed by atoms with Crippen molar-refractivity contribution in [2.75, 3.05) is 19.6 Å². The Morgan fingerprint density at radius 2 is 1.58 bits per heavy atom. The topological polar surface area (TPSA) is 81.7 Å². The standard InChI is InChI=1S/C27H31N3O3/c31-25-12-15-30(16-13-25)19-21-7-5-20(6-8-21)18-29-26(32)11-14-28-27(33)24-10-9-22-3-1-2-4-23(22)17-24/h1-10,17,25,31H,11-16,18-19H2,(H,28,33)(H,29,32). The summed E-state index contributed by atoms with van der Waals surface area (Å²) in [4.78, 5) is 26.9. The first-order chi connectivity index (χ1) is 16.1. The molecule has 0 radical (unpaired) electrons. The molecule has 3 aromatic carbocycles. The number of hydrogen-bond donors (Lipinski definition) is 3. The molecule has 0 spiro atoms. The summed E-state index contributed by atoms with van der Waals surface area (Å²) in [5, 5.41) is 17.5. The Morgan fingerprint density at radius 3 is 2.33 bits per heavy atom. The Kier molecular flexibility index (Phi) is 7.70. The molecule has 3 N–H and O–H groups in total. The summed E-state index contributed by atoms with van der Waals surface area (Å²) >= 11 is 0. The highest BCUT2D eigenvalue weighted by molar-refractivity contribution is 5.98. The zero-order valence-electron chi connectivity index (χ0n) is 18.8. The van der Waals surface area contributed by atoms with Crippen LogP contribution in [0.4, 0.5) is 0 Å². The van der Waals surface area contributed by atoms with Gasteiger partial charge in [-0.05, 0) is 46.9 Å². The first kappa shape index (κ1) is 23.0. The normalized spacial score (nSPS) is 14.8. The number of benzene rings is 3. The van der Waals surface area contributed by atoms with Crippen molar-refractivity contribution in [3.8, 4) is 0 Å². The van der Waals surface area contributed by atoms with Gasteiger partial charge in [0.2, 0.25) is 5.91 Å². The van der Waals surface area contributed by atoms with Crippen molar-refractivity contribution < 1.29 is 14.7 Å². The minimum absolute atomic E-state index is 0.0928. The highest BCUT2D eigenvalue weighted by Crippen LogP contribution is 2.16. The van der Waals surface area contributed by atoms with Gasteiger partial charge in [0.05, 0.1) is 6.10 Å². The van der Waals surface area contributed by atoms with E-state index in [4.69, 9.17) is 0 Å². The van der Waals surface area contributed by atoms with E-state index in [0.717, 1.165) is 48.8 Å². The van der Waals surface area contributed by atoms with E-state index in [0.29, 0.717) is 18.7 Å². The molecule has 4 rings (SSSR count). The van der Waals surface area contributed by atoms with Gasteiger partial charge >= 0.3 is 0 Å². The van der Waals surface area contributed by atoms with Gasteiger partial charge in [-0.25, -0.2) is 0 Å². The van der Waals surface area contributed by atoms with Gasteiger partial charge in [0.1, 0.15) is 0 Å². The number of aliphatic hydroxyl groups is 1. The van der Waals surface area contributed by atoms with Crippen LogP contribution in [-0.2, 0) is 17.9 Å². The molecule has 1 aliphatic rings. The van der Waals surface area contributed by atoms with E-state index in [9.17, 15) is 14.7 Å². The van der Waals surface area contributed by atoms with Gasteiger partial charge in [-0.3, -0.25) is 14.5 Å². The maximum Gasteiger partial charge on any atom is 0.251 e. The smallest absolute Gasteiger partial charge is 0.251 e. The van der Waals surface area contributed by atoms with Gasteiger partial charge in [0.15, 0.2) is 0 Å². The van der Waals surface area contributed by atoms with Crippen LogP contribution in [0.2, 0.25) is 0 Å². The van der Waals surface area contributed by atoms with Crippen LogP contribution in [0.1, 0.15) is 40.7 Å². The van der Waals surface area contributed by atoms with E-state index >= 15 is 0 Å². The number of rotatable bonds is 8. The van der Waals surface area contributed by atoms with E-state index in [1.165, 1.54) is 5.56 Å². The molecule has 33 heavy (non-hydrogen) atoms. The zero-order valence-corrected chi connectivity index (χ0v) is 18.8. The quantitative estimate of drug-likeness (QED) is 0.497. The number of aliphatic hydroxyl groups excluding tert-OH is 1. The largest absolute Gasteiger partial charge is 0.393 e. The number of nitrogens with one attached hydrogen (secondary N) is 2. The molecule has 0 aliphatic carbocycles. The predicted octanol–water partition coefficient (Wildman–Crippen LogP) is 3.23. The third kappa shape index (κ3) is 6.63. The molecular formula is C27H31N3O3. The molecule has 1 heterocycles. The van der Waals surface area contributed by atoms with Crippen LogP contribution in [0, 0.1) is 0 Å². The summed E-state index contributed by atoms with van der Waals surface area (Å²) in [5.74, 6) is -0.267. The molecule has 0 aromatic heterocycles. The predicted molar refractivity (Wildman–Crippen MR) is 130 cm³/mol. The molecule has 6 nitrogen and oxygen atoms in total. The minimum atomic E-state index is -0.174. The molecule has 3 aromatic rings. The average Bonchev–Trinajstić information content (AvgIpc) is 2.84. The summed E-state index contributed by atoms with van der Waals surface area (Å²) in [7, 11) is 0. The molecule has 0 atom stereocenters. The van der Waals surface area contributed by atoms with Gasteiger partial charge in [0, 0.05) is 44.7 Å². The second-order valence-corrected chi connectivity index (χ2v) is 8.67. The van der Waals surface area contributed by atoms with E-state index in [1.54, 1.807) is 6.07 Å². The second-order valence-electron chi connectivity index (χ2n) is 8.67. The van der Waals surface area contributed by atoms with Gasteiger partial charge in [-0.15, -0.1) is 0 Å². The lowest BCUT2D eigenvalue weighted by Crippen LogP contribution is -2.35. The monoisotopic (exact) mass is 445 g/mol. The Bertz CT molecular complexity index is 1090. The lowest BCUT2D eigenvalue weighted by atomic mass is 10.1. The van der Waals surface area contributed by atoms with E-state index in [2.05, 4.69) is 27.7 Å². The highest BCUT2D eigenvalue weighted by Gasteiger charge is 2.16. The van der Waals surface area contributed by atoms with Crippen LogP contribution >= 0.6 is 0 Å². The van der Waals surface area contributed by atoms with Crippen LogP contribution in [0.5, 0.6) is 0 Å². The summed E-state index contributed by atoms with van der Waals surface area (Å²) in [6.45, 7) is 3.50. The van der Waals surface area contributed by atoms with Gasteiger partial charge in [0.25, 0.3) is 5.91 Å². The molecule has 172 valence electrons. The fourth-order valence-corrected chi connectivity index (χ4v) is 4.11. The minimum Gasteiger partial charge on any atom is -0.393 e. The van der Waals surface area contributed by atoms with Crippen LogP contribution in [0.25, 0.3) is 10.8 Å². The fourth-order valence-electron chi connectivity index (χ4n) is 4.11. The molecule has 2 amide bonds. The number of piperidine rings is 1. The van der Waals surface area contributed by atoms with Crippen molar-refractivity contribution in [3.63, 3.8) is 0 Å². The molecule has 6 heteroatoms. The van der Waals surface area contributed by atoms with Crippen molar-refractivity contribution in [3.05, 3.63) is 83.4 Å². The number of carbonyl (C=O) groups excluding carboxylic acids is 2.